The van der Waals surface area contributed by atoms with Crippen molar-refractivity contribution >= 4 is 40.0 Å². The van der Waals surface area contributed by atoms with Gasteiger partial charge in [0.2, 0.25) is 5.91 Å². The Labute approximate surface area is 291 Å². The third-order valence-corrected chi connectivity index (χ3v) is 7.12. The number of halogens is 2. The first kappa shape index (κ1) is 36.1. The molecule has 0 aliphatic carbocycles. The van der Waals surface area contributed by atoms with Gasteiger partial charge in [0.1, 0.15) is 31.1 Å². The van der Waals surface area contributed by atoms with Gasteiger partial charge in [0.05, 0.1) is 38.0 Å². The molecule has 0 bridgehead atoms. The lowest BCUT2D eigenvalue weighted by atomic mass is 10.2. The third kappa shape index (κ3) is 9.18. The minimum Gasteiger partial charge on any atom is -1.00 e. The first-order valence-corrected chi connectivity index (χ1v) is 14.7. The number of aromatic nitrogens is 6. The number of nitrogens with zero attached hydrogens (tertiary/aromatic N) is 8. The van der Waals surface area contributed by atoms with Gasteiger partial charge in [-0.15, -0.1) is 0 Å². The molecule has 0 saturated carbocycles. The molecule has 1 aromatic carbocycles. The second kappa shape index (κ2) is 15.9. The summed E-state index contributed by atoms with van der Waals surface area (Å²) in [6.07, 6.45) is 7.54. The van der Waals surface area contributed by atoms with E-state index in [9.17, 15) is 19.3 Å². The van der Waals surface area contributed by atoms with Crippen molar-refractivity contribution in [2.45, 2.75) is 20.1 Å². The largest absolute Gasteiger partial charge is 1.00 e. The number of hydrogen-bond acceptors (Lipinski definition) is 10. The van der Waals surface area contributed by atoms with Gasteiger partial charge in [0, 0.05) is 36.5 Å². The van der Waals surface area contributed by atoms with Crippen molar-refractivity contribution in [3.05, 3.63) is 106 Å². The number of ether oxygens (including phenoxy) is 1. The number of hydrogen-bond donors (Lipinski definition) is 2. The van der Waals surface area contributed by atoms with Gasteiger partial charge in [0.25, 0.3) is 5.82 Å². The van der Waals surface area contributed by atoms with Crippen molar-refractivity contribution in [2.24, 2.45) is 7.05 Å². The summed E-state index contributed by atoms with van der Waals surface area (Å²) in [6.45, 7) is 2.43. The van der Waals surface area contributed by atoms with Crippen molar-refractivity contribution < 1.29 is 40.3 Å². The van der Waals surface area contributed by atoms with E-state index in [0.717, 1.165) is 0 Å². The van der Waals surface area contributed by atoms with Crippen molar-refractivity contribution in [1.82, 2.24) is 29.5 Å². The maximum atomic E-state index is 14.8. The number of carbonyl (C=O) groups is 1. The zero-order valence-corrected chi connectivity index (χ0v) is 28.6. The van der Waals surface area contributed by atoms with Crippen LogP contribution in [-0.4, -0.2) is 65.4 Å². The Balaban J connectivity index is 0.00000541. The molecule has 0 aliphatic heterocycles. The normalized spacial score (nSPS) is 11.0. The van der Waals surface area contributed by atoms with Gasteiger partial charge in [-0.05, 0) is 59.2 Å². The molecule has 4 heterocycles. The molecule has 0 unspecified atom stereocenters. The van der Waals surface area contributed by atoms with Crippen molar-refractivity contribution in [1.29, 1.82) is 0 Å². The number of quaternary nitrogens is 1. The van der Waals surface area contributed by atoms with Gasteiger partial charge in [-0.3, -0.25) is 14.3 Å². The fourth-order valence-electron chi connectivity index (χ4n) is 4.74. The fourth-order valence-corrected chi connectivity index (χ4v) is 4.74. The maximum absolute atomic E-state index is 14.8. The molecule has 4 aromatic heterocycles. The van der Waals surface area contributed by atoms with Crippen LogP contribution in [0.2, 0.25) is 0 Å². The zero-order chi connectivity index (χ0) is 34.3. The number of amides is 1. The van der Waals surface area contributed by atoms with Crippen LogP contribution in [0.5, 0.6) is 5.75 Å². The van der Waals surface area contributed by atoms with E-state index in [2.05, 4.69) is 47.4 Å². The minimum absolute atomic E-state index is 0. The highest BCUT2D eigenvalue weighted by atomic mass is 79.9. The summed E-state index contributed by atoms with van der Waals surface area (Å²) in [5.74, 6) is 5.30. The Bertz CT molecular complexity index is 2080. The highest BCUT2D eigenvalue weighted by Crippen LogP contribution is 2.28. The van der Waals surface area contributed by atoms with E-state index in [1.165, 1.54) is 30.7 Å². The topological polar surface area (TPSA) is 163 Å². The first-order chi connectivity index (χ1) is 23.0. The lowest BCUT2D eigenvalue weighted by molar-refractivity contribution is -0.898. The van der Waals surface area contributed by atoms with Crippen LogP contribution in [0.25, 0.3) is 10.9 Å². The average molecular weight is 732 g/mol. The van der Waals surface area contributed by atoms with Crippen molar-refractivity contribution in [3.63, 3.8) is 0 Å². The SMILES string of the molecule is CC#Cc1nc([N+](=O)[O-])c(C[N+](C)(C)C/C=C/C(=O)Nc2cc3c(Nc4ccc(OCc5ccccn5)c(F)c4)ncnc3cn2)n1C.[Br-]. The number of benzene rings is 1. The lowest BCUT2D eigenvalue weighted by Gasteiger charge is -2.28. The Morgan fingerprint density at radius 2 is 1.98 bits per heavy atom. The molecule has 16 heteroatoms. The minimum atomic E-state index is -0.563. The predicted molar refractivity (Wildman–Crippen MR) is 176 cm³/mol. The Kier molecular flexibility index (Phi) is 11.7. The number of fused-ring (bicyclic) bond motifs is 1. The molecule has 5 rings (SSSR count). The molecule has 0 aliphatic rings. The van der Waals surface area contributed by atoms with Crippen LogP contribution in [-0.2, 0) is 25.0 Å². The summed E-state index contributed by atoms with van der Waals surface area (Å²) in [4.78, 5) is 44.9. The van der Waals surface area contributed by atoms with Gasteiger partial charge in [-0.1, -0.05) is 12.0 Å². The number of carbonyl (C=O) groups excluding carboxylic acids is 1. The van der Waals surface area contributed by atoms with Gasteiger partial charge < -0.3 is 46.9 Å². The van der Waals surface area contributed by atoms with E-state index in [1.807, 2.05) is 20.2 Å². The quantitative estimate of drug-likeness (QED) is 0.0635. The van der Waals surface area contributed by atoms with Crippen molar-refractivity contribution in [3.8, 4) is 17.6 Å². The molecule has 14 nitrogen and oxygen atoms in total. The Hall–Kier alpha value is -5.79. The number of anilines is 3. The summed E-state index contributed by atoms with van der Waals surface area (Å²) < 4.78 is 22.3. The van der Waals surface area contributed by atoms with Gasteiger partial charge in [0.15, 0.2) is 17.3 Å². The monoisotopic (exact) mass is 730 g/mol. The number of pyridine rings is 2. The summed E-state index contributed by atoms with van der Waals surface area (Å²) in [5, 5.41) is 18.0. The molecule has 49 heavy (non-hydrogen) atoms. The molecule has 0 fully saturated rings. The number of nitro groups is 1. The van der Waals surface area contributed by atoms with Crippen LogP contribution in [0.1, 0.15) is 24.1 Å². The standard InChI is InChI=1S/C33H31FN10O4.BrH/c1-5-9-30-41-33(43(46)47)27(42(30)2)19-44(3,4)15-8-11-31(45)40-29-17-24-26(18-36-29)37-21-38-32(24)39-22-12-13-28(25(34)16-22)48-20-23-10-6-7-14-35-23;/h6-8,10-14,16-18,21H,15,19-20H2,1-4H3,(H-,36,37,38,39,40,45);1H/b11-8+;. The third-order valence-electron chi connectivity index (χ3n) is 7.12. The molecule has 2 N–H and O–H groups in total. The van der Waals surface area contributed by atoms with Crippen LogP contribution in [0.4, 0.5) is 27.5 Å². The van der Waals surface area contributed by atoms with E-state index < -0.39 is 16.6 Å². The molecule has 252 valence electrons. The molecule has 0 atom stereocenters. The zero-order valence-electron chi connectivity index (χ0n) is 27.0. The number of imidazole rings is 1. The van der Waals surface area contributed by atoms with Crippen LogP contribution >= 0.6 is 0 Å². The van der Waals surface area contributed by atoms with Gasteiger partial charge in [-0.25, -0.2) is 19.3 Å². The lowest BCUT2D eigenvalue weighted by Crippen LogP contribution is -3.00. The summed E-state index contributed by atoms with van der Waals surface area (Å²) >= 11 is 0. The van der Waals surface area contributed by atoms with Crippen LogP contribution in [0.3, 0.4) is 0 Å². The first-order valence-electron chi connectivity index (χ1n) is 14.7. The highest BCUT2D eigenvalue weighted by Gasteiger charge is 2.30. The Morgan fingerprint density at radius 3 is 2.69 bits per heavy atom. The smallest absolute Gasteiger partial charge is 0.392 e. The molecular weight excluding hydrogens is 699 g/mol. The highest BCUT2D eigenvalue weighted by molar-refractivity contribution is 6.00. The molecular formula is C33H32BrFN10O4. The van der Waals surface area contributed by atoms with Crippen LogP contribution in [0, 0.1) is 27.8 Å². The molecule has 1 amide bonds. The Morgan fingerprint density at radius 1 is 1.16 bits per heavy atom. The maximum Gasteiger partial charge on any atom is 0.392 e. The van der Waals surface area contributed by atoms with E-state index >= 15 is 0 Å². The van der Waals surface area contributed by atoms with E-state index in [-0.39, 0.29) is 47.5 Å². The van der Waals surface area contributed by atoms with E-state index in [1.54, 1.807) is 55.1 Å². The van der Waals surface area contributed by atoms with Gasteiger partial charge in [-0.2, -0.15) is 0 Å². The molecule has 0 saturated heterocycles. The summed E-state index contributed by atoms with van der Waals surface area (Å²) in [6, 6.07) is 11.5. The summed E-state index contributed by atoms with van der Waals surface area (Å²) in [7, 11) is 5.46. The van der Waals surface area contributed by atoms with Gasteiger partial charge >= 0.3 is 5.82 Å². The molecule has 5 aromatic rings. The number of nitrogens with one attached hydrogen (secondary N) is 2. The van der Waals surface area contributed by atoms with Crippen LogP contribution in [0.15, 0.2) is 73.3 Å². The molecule has 0 spiro atoms. The van der Waals surface area contributed by atoms with Crippen LogP contribution < -0.4 is 32.4 Å². The number of rotatable bonds is 12. The predicted octanol–water partition coefficient (Wildman–Crippen LogP) is 1.67. The fraction of sp³-hybridized carbons (Fsp3) is 0.212. The second-order valence-corrected chi connectivity index (χ2v) is 11.3. The van der Waals surface area contributed by atoms with E-state index in [4.69, 9.17) is 4.74 Å². The second-order valence-electron chi connectivity index (χ2n) is 11.3. The molecule has 0 radical (unpaired) electrons. The number of likely N-dealkylation sites (N-methyl/N-ethyl adjacent to an activating group) is 1. The summed E-state index contributed by atoms with van der Waals surface area (Å²) in [5.41, 5.74) is 2.04. The van der Waals surface area contributed by atoms with E-state index in [0.29, 0.717) is 50.6 Å². The van der Waals surface area contributed by atoms with Crippen molar-refractivity contribution in [2.75, 3.05) is 31.3 Å². The average Bonchev–Trinajstić information content (AvgIpc) is 3.35.